The van der Waals surface area contributed by atoms with E-state index in [1.54, 1.807) is 0 Å². The fraction of sp³-hybridized carbons (Fsp3) is 1.00. The lowest BCUT2D eigenvalue weighted by atomic mass is 10.4. The van der Waals surface area contributed by atoms with Crippen LogP contribution in [-0.2, 0) is 4.84 Å². The molecule has 0 N–H and O–H groups in total. The monoisotopic (exact) mass is 198 g/mol. The summed E-state index contributed by atoms with van der Waals surface area (Å²) in [7, 11) is 0. The van der Waals surface area contributed by atoms with E-state index in [-0.39, 0.29) is 0 Å². The highest BCUT2D eigenvalue weighted by Gasteiger charge is 2.33. The summed E-state index contributed by atoms with van der Waals surface area (Å²) >= 11 is 11.3. The van der Waals surface area contributed by atoms with E-state index in [0.29, 0.717) is 16.4 Å². The van der Waals surface area contributed by atoms with Gasteiger partial charge in [0.15, 0.2) is 0 Å². The average Bonchev–Trinajstić information content (AvgIpc) is 2.39. The molecule has 1 heterocycles. The molecule has 1 aliphatic rings. The molecule has 0 atom stereocenters. The second-order valence-electron chi connectivity index (χ2n) is 2.79. The van der Waals surface area contributed by atoms with E-state index < -0.39 is 0 Å². The molecule has 1 fully saturated rings. The number of hydroxylamine groups is 3. The maximum Gasteiger partial charge on any atom is 0.123 e. The third-order valence-electron chi connectivity index (χ3n) is 2.06. The maximum atomic E-state index is 5.67. The maximum absolute atomic E-state index is 5.67. The van der Waals surface area contributed by atoms with E-state index in [1.165, 1.54) is 0 Å². The first-order valence-corrected chi connectivity index (χ1v) is 5.02. The van der Waals surface area contributed by atoms with Gasteiger partial charge in [0, 0.05) is 6.42 Å². The Morgan fingerprint density at radius 1 is 1.18 bits per heavy atom. The van der Waals surface area contributed by atoms with Gasteiger partial charge in [-0.15, -0.1) is 23.2 Å². The molecule has 1 aliphatic heterocycles. The van der Waals surface area contributed by atoms with E-state index in [9.17, 15) is 0 Å². The smallest absolute Gasteiger partial charge is 0.123 e. The van der Waals surface area contributed by atoms with Crippen molar-refractivity contribution in [1.29, 1.82) is 0 Å². The van der Waals surface area contributed by atoms with Gasteiger partial charge in [-0.2, -0.15) is 4.65 Å². The van der Waals surface area contributed by atoms with Gasteiger partial charge in [-0.1, -0.05) is 0 Å². The van der Waals surface area contributed by atoms with Crippen molar-refractivity contribution in [2.45, 2.75) is 6.42 Å². The van der Waals surface area contributed by atoms with Crippen molar-refractivity contribution in [3.05, 3.63) is 0 Å². The molecule has 0 aromatic heterocycles. The molecule has 0 bridgehead atoms. The van der Waals surface area contributed by atoms with Crippen molar-refractivity contribution in [2.24, 2.45) is 0 Å². The van der Waals surface area contributed by atoms with Crippen LogP contribution in [0.2, 0.25) is 0 Å². The minimum absolute atomic E-state index is 0.650. The summed E-state index contributed by atoms with van der Waals surface area (Å²) in [5, 5.41) is 0. The highest BCUT2D eigenvalue weighted by Crippen LogP contribution is 2.17. The standard InChI is InChI=1S/C7H14Cl2NO/c8-2-5-10(6-3-9)4-1-7-11-10/h1-7H2/q+1. The van der Waals surface area contributed by atoms with Gasteiger partial charge in [0.25, 0.3) is 0 Å². The van der Waals surface area contributed by atoms with E-state index in [0.717, 1.165) is 32.7 Å². The average molecular weight is 199 g/mol. The number of nitrogens with zero attached hydrogens (tertiary/aromatic N) is 1. The predicted octanol–water partition coefficient (Wildman–Crippen LogP) is 1.62. The van der Waals surface area contributed by atoms with Crippen LogP contribution in [0.5, 0.6) is 0 Å². The molecule has 0 unspecified atom stereocenters. The Hall–Kier alpha value is 0.500. The zero-order valence-corrected chi connectivity index (χ0v) is 8.07. The highest BCUT2D eigenvalue weighted by molar-refractivity contribution is 6.18. The Morgan fingerprint density at radius 2 is 1.82 bits per heavy atom. The first-order chi connectivity index (χ1) is 5.33. The summed E-state index contributed by atoms with van der Waals surface area (Å²) < 4.78 is 0.674. The number of hydrogen-bond donors (Lipinski definition) is 0. The molecule has 0 radical (unpaired) electrons. The number of hydrogen-bond acceptors (Lipinski definition) is 1. The molecule has 0 saturated carbocycles. The molecule has 4 heteroatoms. The van der Waals surface area contributed by atoms with Crippen molar-refractivity contribution in [2.75, 3.05) is 38.0 Å². The molecule has 2 nitrogen and oxygen atoms in total. The van der Waals surface area contributed by atoms with Gasteiger partial charge in [0.1, 0.15) is 26.2 Å². The van der Waals surface area contributed by atoms with Crippen LogP contribution in [0.25, 0.3) is 0 Å². The molecule has 1 rings (SSSR count). The quantitative estimate of drug-likeness (QED) is 0.493. The summed E-state index contributed by atoms with van der Waals surface area (Å²) in [5.41, 5.74) is 0. The molecule has 11 heavy (non-hydrogen) atoms. The first-order valence-electron chi connectivity index (χ1n) is 3.95. The lowest BCUT2D eigenvalue weighted by Crippen LogP contribution is -2.46. The van der Waals surface area contributed by atoms with Crippen molar-refractivity contribution in [3.8, 4) is 0 Å². The molecular weight excluding hydrogens is 185 g/mol. The summed E-state index contributed by atoms with van der Waals surface area (Å²) in [4.78, 5) is 5.59. The molecule has 1 saturated heterocycles. The van der Waals surface area contributed by atoms with Crippen LogP contribution in [0, 0.1) is 0 Å². The molecule has 0 amide bonds. The van der Waals surface area contributed by atoms with Crippen molar-refractivity contribution in [3.63, 3.8) is 0 Å². The van der Waals surface area contributed by atoms with Crippen LogP contribution >= 0.6 is 23.2 Å². The van der Waals surface area contributed by atoms with Gasteiger partial charge in [0.05, 0.1) is 11.8 Å². The SMILES string of the molecule is ClCC[N+]1(CCCl)CCCO1. The minimum Gasteiger partial charge on any atom is -0.203 e. The molecule has 66 valence electrons. The van der Waals surface area contributed by atoms with Crippen LogP contribution in [0.3, 0.4) is 0 Å². The Balaban J connectivity index is 2.40. The van der Waals surface area contributed by atoms with Gasteiger partial charge in [0.2, 0.25) is 0 Å². The van der Waals surface area contributed by atoms with Gasteiger partial charge < -0.3 is 0 Å². The molecule has 0 spiro atoms. The van der Waals surface area contributed by atoms with E-state index in [2.05, 4.69) is 0 Å². The largest absolute Gasteiger partial charge is 0.203 e. The fourth-order valence-corrected chi connectivity index (χ4v) is 2.06. The summed E-state index contributed by atoms with van der Waals surface area (Å²) in [6.45, 7) is 3.69. The van der Waals surface area contributed by atoms with Crippen LogP contribution in [0.1, 0.15) is 6.42 Å². The number of rotatable bonds is 4. The van der Waals surface area contributed by atoms with Gasteiger partial charge >= 0.3 is 0 Å². The Morgan fingerprint density at radius 3 is 2.18 bits per heavy atom. The number of halogens is 2. The Kier molecular flexibility index (Phi) is 3.93. The zero-order valence-electron chi connectivity index (χ0n) is 6.56. The first kappa shape index (κ1) is 9.59. The van der Waals surface area contributed by atoms with Crippen molar-refractivity contribution < 1.29 is 9.48 Å². The van der Waals surface area contributed by atoms with Gasteiger partial charge in [-0.3, -0.25) is 0 Å². The molecular formula is C7H14Cl2NO+. The van der Waals surface area contributed by atoms with Crippen molar-refractivity contribution in [1.82, 2.24) is 0 Å². The minimum atomic E-state index is 0.650. The van der Waals surface area contributed by atoms with Gasteiger partial charge in [-0.25, -0.2) is 4.84 Å². The lowest BCUT2D eigenvalue weighted by Gasteiger charge is -2.28. The highest BCUT2D eigenvalue weighted by atomic mass is 35.5. The fourth-order valence-electron chi connectivity index (χ4n) is 1.45. The second kappa shape index (κ2) is 4.51. The summed E-state index contributed by atoms with van der Waals surface area (Å²) in [6.07, 6.45) is 1.13. The van der Waals surface area contributed by atoms with E-state index in [1.807, 2.05) is 0 Å². The Labute approximate surface area is 77.6 Å². The van der Waals surface area contributed by atoms with Crippen molar-refractivity contribution >= 4 is 23.2 Å². The number of quaternary nitrogens is 1. The number of alkyl halides is 2. The lowest BCUT2D eigenvalue weighted by molar-refractivity contribution is -1.09. The normalized spacial score (nSPS) is 22.4. The summed E-state index contributed by atoms with van der Waals surface area (Å²) in [5.74, 6) is 1.30. The van der Waals surface area contributed by atoms with Crippen LogP contribution in [0.4, 0.5) is 0 Å². The predicted molar refractivity (Wildman–Crippen MR) is 46.9 cm³/mol. The van der Waals surface area contributed by atoms with E-state index >= 15 is 0 Å². The van der Waals surface area contributed by atoms with Crippen LogP contribution < -0.4 is 0 Å². The third kappa shape index (κ3) is 2.48. The molecule has 0 aromatic carbocycles. The Bertz CT molecular complexity index is 107. The zero-order chi connectivity index (χ0) is 8.16. The summed E-state index contributed by atoms with van der Waals surface area (Å²) in [6, 6.07) is 0. The topological polar surface area (TPSA) is 9.23 Å². The molecule has 0 aromatic rings. The van der Waals surface area contributed by atoms with E-state index in [4.69, 9.17) is 28.0 Å². The molecule has 0 aliphatic carbocycles. The third-order valence-corrected chi connectivity index (χ3v) is 2.40. The second-order valence-corrected chi connectivity index (χ2v) is 3.55. The van der Waals surface area contributed by atoms with Gasteiger partial charge in [-0.05, 0) is 0 Å². The van der Waals surface area contributed by atoms with Crippen LogP contribution in [-0.4, -0.2) is 42.6 Å². The van der Waals surface area contributed by atoms with Crippen LogP contribution in [0.15, 0.2) is 0 Å².